The number of hydrogen-bond acceptors (Lipinski definition) is 7. The lowest BCUT2D eigenvalue weighted by Gasteiger charge is -2.18. The smallest absolute Gasteiger partial charge is 0.242 e. The second-order valence-corrected chi connectivity index (χ2v) is 7.78. The van der Waals surface area contributed by atoms with Gasteiger partial charge in [-0.25, -0.2) is 13.1 Å². The maximum Gasteiger partial charge on any atom is 0.242 e. The number of nitrogens with one attached hydrogen (secondary N) is 1. The molecule has 2 aromatic carbocycles. The molecule has 0 aliphatic carbocycles. The molecule has 9 heteroatoms. The number of fused-ring (bicyclic) bond motifs is 1. The van der Waals surface area contributed by atoms with E-state index in [1.807, 2.05) is 31.2 Å². The molecule has 4 rings (SSSR count). The first kappa shape index (κ1) is 17.5. The molecule has 1 N–H and O–H groups in total. The first-order chi connectivity index (χ1) is 13.0. The average molecular weight is 387 g/mol. The van der Waals surface area contributed by atoms with Gasteiger partial charge in [-0.1, -0.05) is 28.9 Å². The molecule has 27 heavy (non-hydrogen) atoms. The van der Waals surface area contributed by atoms with Gasteiger partial charge in [0.25, 0.3) is 0 Å². The highest BCUT2D eigenvalue weighted by Gasteiger charge is 2.20. The van der Waals surface area contributed by atoms with Gasteiger partial charge >= 0.3 is 0 Å². The summed E-state index contributed by atoms with van der Waals surface area (Å²) in [5.74, 6) is 1.52. The van der Waals surface area contributed by atoms with Gasteiger partial charge < -0.3 is 14.0 Å². The topological polar surface area (TPSA) is 104 Å². The van der Waals surface area contributed by atoms with Crippen LogP contribution in [0.2, 0.25) is 0 Å². The predicted molar refractivity (Wildman–Crippen MR) is 95.9 cm³/mol. The van der Waals surface area contributed by atoms with Crippen molar-refractivity contribution in [2.45, 2.75) is 18.4 Å². The Hall–Kier alpha value is -2.91. The molecule has 0 saturated carbocycles. The summed E-state index contributed by atoms with van der Waals surface area (Å²) in [6.45, 7) is 2.67. The molecule has 0 fully saturated rings. The Bertz CT molecular complexity index is 1080. The summed E-state index contributed by atoms with van der Waals surface area (Å²) in [5, 5.41) is 3.90. The highest BCUT2D eigenvalue weighted by molar-refractivity contribution is 7.89. The lowest BCUT2D eigenvalue weighted by molar-refractivity contribution is 0.171. The van der Waals surface area contributed by atoms with Crippen LogP contribution in [-0.2, 0) is 16.6 Å². The van der Waals surface area contributed by atoms with Crippen LogP contribution in [0.25, 0.3) is 11.4 Å². The molecule has 0 atom stereocenters. The zero-order valence-electron chi connectivity index (χ0n) is 14.5. The lowest BCUT2D eigenvalue weighted by Crippen LogP contribution is -2.24. The molecule has 0 spiro atoms. The number of hydrogen-bond donors (Lipinski definition) is 1. The second kappa shape index (κ2) is 7.01. The first-order valence-corrected chi connectivity index (χ1v) is 9.78. The van der Waals surface area contributed by atoms with Gasteiger partial charge in [-0.15, -0.1) is 0 Å². The number of aryl methyl sites for hydroxylation is 1. The zero-order valence-corrected chi connectivity index (χ0v) is 15.3. The molecular formula is C18H17N3O5S. The molecule has 0 unspecified atom stereocenters. The Labute approximate surface area is 156 Å². The number of nitrogens with zero attached hydrogens (tertiary/aromatic N) is 2. The second-order valence-electron chi connectivity index (χ2n) is 6.01. The van der Waals surface area contributed by atoms with Crippen molar-refractivity contribution >= 4 is 10.0 Å². The van der Waals surface area contributed by atoms with Gasteiger partial charge in [-0.05, 0) is 25.1 Å². The molecule has 1 aliphatic heterocycles. The van der Waals surface area contributed by atoms with Gasteiger partial charge in [0.05, 0.1) is 11.4 Å². The zero-order chi connectivity index (χ0) is 18.9. The van der Waals surface area contributed by atoms with E-state index in [-0.39, 0.29) is 17.3 Å². The van der Waals surface area contributed by atoms with Gasteiger partial charge in [0, 0.05) is 11.6 Å². The van der Waals surface area contributed by atoms with Crippen molar-refractivity contribution in [3.05, 3.63) is 53.9 Å². The van der Waals surface area contributed by atoms with Crippen molar-refractivity contribution in [1.29, 1.82) is 0 Å². The first-order valence-electron chi connectivity index (χ1n) is 8.30. The minimum atomic E-state index is -3.77. The molecule has 8 nitrogen and oxygen atoms in total. The van der Waals surface area contributed by atoms with Gasteiger partial charge in [0.1, 0.15) is 13.2 Å². The molecule has 3 aromatic rings. The normalized spacial score (nSPS) is 13.5. The largest absolute Gasteiger partial charge is 0.486 e. The van der Waals surface area contributed by atoms with Crippen molar-refractivity contribution in [3.8, 4) is 22.9 Å². The van der Waals surface area contributed by atoms with Crippen LogP contribution in [0, 0.1) is 6.92 Å². The van der Waals surface area contributed by atoms with Crippen molar-refractivity contribution in [3.63, 3.8) is 0 Å². The van der Waals surface area contributed by atoms with Crippen LogP contribution in [0.4, 0.5) is 0 Å². The Morgan fingerprint density at radius 1 is 1.07 bits per heavy atom. The third-order valence-electron chi connectivity index (χ3n) is 3.98. The van der Waals surface area contributed by atoms with Crippen LogP contribution in [0.15, 0.2) is 51.9 Å². The molecule has 0 amide bonds. The van der Waals surface area contributed by atoms with Crippen LogP contribution >= 0.6 is 0 Å². The molecule has 140 valence electrons. The third kappa shape index (κ3) is 3.79. The quantitative estimate of drug-likeness (QED) is 0.716. The summed E-state index contributed by atoms with van der Waals surface area (Å²) in [7, 11) is -3.77. The van der Waals surface area contributed by atoms with E-state index in [2.05, 4.69) is 14.9 Å². The van der Waals surface area contributed by atoms with Crippen LogP contribution in [-0.4, -0.2) is 31.8 Å². The van der Waals surface area contributed by atoms with E-state index in [0.717, 1.165) is 11.1 Å². The molecule has 1 aliphatic rings. The molecule has 1 aromatic heterocycles. The number of aromatic nitrogens is 2. The number of benzene rings is 2. The predicted octanol–water partition coefficient (Wildman–Crippen LogP) is 2.29. The summed E-state index contributed by atoms with van der Waals surface area (Å²) in [4.78, 5) is 4.31. The fourth-order valence-electron chi connectivity index (χ4n) is 2.66. The SMILES string of the molecule is Cc1cccc(-c2noc(CNS(=O)(=O)c3ccc4c(c3)OCCO4)n2)c1. The van der Waals surface area contributed by atoms with E-state index in [1.165, 1.54) is 12.1 Å². The highest BCUT2D eigenvalue weighted by atomic mass is 32.2. The van der Waals surface area contributed by atoms with E-state index in [0.29, 0.717) is 30.5 Å². The van der Waals surface area contributed by atoms with Gasteiger partial charge in [-0.2, -0.15) is 4.98 Å². The van der Waals surface area contributed by atoms with E-state index in [4.69, 9.17) is 14.0 Å². The highest BCUT2D eigenvalue weighted by Crippen LogP contribution is 2.32. The van der Waals surface area contributed by atoms with Crippen molar-refractivity contribution < 1.29 is 22.4 Å². The minimum absolute atomic E-state index is 0.0742. The summed E-state index contributed by atoms with van der Waals surface area (Å²) < 4.78 is 43.5. The van der Waals surface area contributed by atoms with Gasteiger partial charge in [0.2, 0.25) is 21.7 Å². The molecule has 2 heterocycles. The third-order valence-corrected chi connectivity index (χ3v) is 5.38. The number of sulfonamides is 1. The molecule has 0 radical (unpaired) electrons. The van der Waals surface area contributed by atoms with Crippen molar-refractivity contribution in [2.24, 2.45) is 0 Å². The minimum Gasteiger partial charge on any atom is -0.486 e. The number of ether oxygens (including phenoxy) is 2. The molecular weight excluding hydrogens is 370 g/mol. The Morgan fingerprint density at radius 3 is 2.70 bits per heavy atom. The van der Waals surface area contributed by atoms with E-state index in [9.17, 15) is 8.42 Å². The summed E-state index contributed by atoms with van der Waals surface area (Å²) in [5.41, 5.74) is 1.87. The fraction of sp³-hybridized carbons (Fsp3) is 0.222. The van der Waals surface area contributed by atoms with Crippen LogP contribution in [0.3, 0.4) is 0 Å². The maximum atomic E-state index is 12.5. The van der Waals surface area contributed by atoms with Crippen LogP contribution < -0.4 is 14.2 Å². The van der Waals surface area contributed by atoms with Crippen molar-refractivity contribution in [1.82, 2.24) is 14.9 Å². The van der Waals surface area contributed by atoms with E-state index in [1.54, 1.807) is 6.07 Å². The fourth-order valence-corrected chi connectivity index (χ4v) is 3.65. The van der Waals surface area contributed by atoms with Crippen molar-refractivity contribution in [2.75, 3.05) is 13.2 Å². The lowest BCUT2D eigenvalue weighted by atomic mass is 10.1. The van der Waals surface area contributed by atoms with E-state index < -0.39 is 10.0 Å². The summed E-state index contributed by atoms with van der Waals surface area (Å²) >= 11 is 0. The standard InChI is InChI=1S/C18H17N3O5S/c1-12-3-2-4-13(9-12)18-20-17(26-21-18)11-19-27(22,23)14-5-6-15-16(10-14)25-8-7-24-15/h2-6,9-10,19H,7-8,11H2,1H3. The number of rotatable bonds is 5. The summed E-state index contributed by atoms with van der Waals surface area (Å²) in [6, 6.07) is 12.1. The average Bonchev–Trinajstić information content (AvgIpc) is 3.15. The van der Waals surface area contributed by atoms with E-state index >= 15 is 0 Å². The van der Waals surface area contributed by atoms with Crippen LogP contribution in [0.1, 0.15) is 11.5 Å². The van der Waals surface area contributed by atoms with Crippen LogP contribution in [0.5, 0.6) is 11.5 Å². The maximum absolute atomic E-state index is 12.5. The Kier molecular flexibility index (Phi) is 4.54. The van der Waals surface area contributed by atoms with Gasteiger partial charge in [0.15, 0.2) is 11.5 Å². The molecule has 0 bridgehead atoms. The summed E-state index contributed by atoms with van der Waals surface area (Å²) in [6.07, 6.45) is 0. The van der Waals surface area contributed by atoms with Gasteiger partial charge in [-0.3, -0.25) is 0 Å². The Balaban J connectivity index is 1.48. The monoisotopic (exact) mass is 387 g/mol. The Morgan fingerprint density at radius 2 is 1.89 bits per heavy atom. The molecule has 0 saturated heterocycles.